The lowest BCUT2D eigenvalue weighted by Gasteiger charge is -2.35. The van der Waals surface area contributed by atoms with E-state index < -0.39 is 0 Å². The first kappa shape index (κ1) is 45.4. The van der Waals surface area contributed by atoms with Crippen LogP contribution in [0, 0.1) is 0 Å². The molecular weight excluding hydrogens is 831 g/mol. The Balaban J connectivity index is 1.30. The minimum atomic E-state index is -0.233. The van der Waals surface area contributed by atoms with Crippen LogP contribution in [0.4, 0.5) is 34.3 Å². The number of para-hydroxylation sites is 1. The van der Waals surface area contributed by atoms with Crippen LogP contribution in [0.15, 0.2) is 195 Å². The van der Waals surface area contributed by atoms with Crippen molar-refractivity contribution in [2.75, 3.05) is 9.80 Å². The van der Waals surface area contributed by atoms with Gasteiger partial charge in [-0.05, 0) is 117 Å². The first-order valence-corrected chi connectivity index (χ1v) is 23.4. The van der Waals surface area contributed by atoms with Gasteiger partial charge in [0.2, 0.25) is 0 Å². The zero-order valence-electron chi connectivity index (χ0n) is 40.6. The molecule has 0 spiro atoms. The first-order chi connectivity index (χ1) is 32.6. The van der Waals surface area contributed by atoms with E-state index in [4.69, 9.17) is 19.9 Å². The van der Waals surface area contributed by atoms with Gasteiger partial charge in [-0.1, -0.05) is 159 Å². The highest BCUT2D eigenvalue weighted by atomic mass is 15.2. The number of anilines is 6. The van der Waals surface area contributed by atoms with Crippen LogP contribution in [-0.2, 0) is 16.2 Å². The number of pyridine rings is 2. The summed E-state index contributed by atoms with van der Waals surface area (Å²) < 4.78 is 0. The van der Waals surface area contributed by atoms with Gasteiger partial charge in [-0.25, -0.2) is 19.9 Å². The Labute approximate surface area is 402 Å². The molecule has 0 aliphatic heterocycles. The van der Waals surface area contributed by atoms with Gasteiger partial charge < -0.3 is 4.90 Å². The van der Waals surface area contributed by atoms with E-state index in [9.17, 15) is 0 Å². The lowest BCUT2D eigenvalue weighted by molar-refractivity contribution is 0.587. The third-order valence-corrected chi connectivity index (χ3v) is 12.3. The Hall–Kier alpha value is -7.77. The maximum Gasteiger partial charge on any atom is 0.164 e. The number of aromatic nitrogens is 5. The molecule has 6 aromatic carbocycles. The highest BCUT2D eigenvalue weighted by Gasteiger charge is 2.29. The second kappa shape index (κ2) is 18.5. The molecule has 0 fully saturated rings. The maximum absolute atomic E-state index is 5.29. The summed E-state index contributed by atoms with van der Waals surface area (Å²) in [6.45, 7) is 20.3. The number of rotatable bonds is 10. The summed E-state index contributed by atoms with van der Waals surface area (Å²) in [6, 6.07) is 61.7. The molecule has 9 rings (SSSR count). The summed E-state index contributed by atoms with van der Waals surface area (Å²) in [4.78, 5) is 29.6. The van der Waals surface area contributed by atoms with Crippen LogP contribution in [0.3, 0.4) is 0 Å². The molecule has 0 aliphatic rings. The van der Waals surface area contributed by atoms with Gasteiger partial charge in [-0.2, -0.15) is 0 Å². The van der Waals surface area contributed by atoms with Crippen LogP contribution in [0.2, 0.25) is 0 Å². The second-order valence-corrected chi connectivity index (χ2v) is 20.4. The van der Waals surface area contributed by atoms with Crippen molar-refractivity contribution >= 4 is 34.3 Å². The average molecular weight is 890 g/mol. The Morgan fingerprint density at radius 2 is 0.765 bits per heavy atom. The average Bonchev–Trinajstić information content (AvgIpc) is 3.35. The fraction of sp³-hybridized carbons (Fsp3) is 0.197. The molecule has 0 N–H and O–H groups in total. The molecule has 3 heterocycles. The Morgan fingerprint density at radius 1 is 0.353 bits per heavy atom. The van der Waals surface area contributed by atoms with Crippen molar-refractivity contribution in [3.63, 3.8) is 0 Å². The molecular formula is C61H59N7. The van der Waals surface area contributed by atoms with Crippen molar-refractivity contribution in [1.29, 1.82) is 0 Å². The van der Waals surface area contributed by atoms with Crippen LogP contribution in [-0.4, -0.2) is 24.9 Å². The van der Waals surface area contributed by atoms with E-state index in [0.29, 0.717) is 17.5 Å². The fourth-order valence-electron chi connectivity index (χ4n) is 8.38. The molecule has 0 radical (unpaired) electrons. The molecule has 338 valence electrons. The lowest BCUT2D eigenvalue weighted by atomic mass is 9.84. The van der Waals surface area contributed by atoms with E-state index in [2.05, 4.69) is 192 Å². The summed E-state index contributed by atoms with van der Waals surface area (Å²) in [5, 5.41) is 0. The fourth-order valence-corrected chi connectivity index (χ4v) is 8.38. The molecule has 7 heteroatoms. The molecule has 0 saturated carbocycles. The molecule has 0 amide bonds. The van der Waals surface area contributed by atoms with Crippen LogP contribution in [0.25, 0.3) is 45.3 Å². The molecule has 68 heavy (non-hydrogen) atoms. The Bertz CT molecular complexity index is 3060. The molecule has 3 aromatic heterocycles. The minimum Gasteiger partial charge on any atom is -0.310 e. The number of nitrogens with zero attached hydrogens (tertiary/aromatic N) is 7. The van der Waals surface area contributed by atoms with Gasteiger partial charge >= 0.3 is 0 Å². The van der Waals surface area contributed by atoms with Gasteiger partial charge in [0.15, 0.2) is 17.5 Å². The van der Waals surface area contributed by atoms with E-state index in [1.807, 2.05) is 79.3 Å². The van der Waals surface area contributed by atoms with Crippen molar-refractivity contribution in [2.45, 2.75) is 78.6 Å². The highest BCUT2D eigenvalue weighted by Crippen LogP contribution is 2.51. The summed E-state index contributed by atoms with van der Waals surface area (Å²) in [7, 11) is 0. The van der Waals surface area contributed by atoms with E-state index >= 15 is 0 Å². The molecule has 0 aliphatic carbocycles. The number of hydrogen-bond acceptors (Lipinski definition) is 7. The standard InChI is InChI=1S/C61H59N7/c1-59(2,3)46-27-32-50(33-28-46)67(49-23-17-12-18-24-49)52-39-48(61(7,8)9)40-53(55(52)42-35-37-62-38-36-42)68(54-34-29-47(41-63-54)60(4,5)6)51-30-25-45(26-31-51)58-65-56(43-19-13-10-14-20-43)64-57(66-58)44-21-15-11-16-22-44/h10-41H,1-9H3. The smallest absolute Gasteiger partial charge is 0.164 e. The lowest BCUT2D eigenvalue weighted by Crippen LogP contribution is -2.20. The van der Waals surface area contributed by atoms with E-state index in [1.165, 1.54) is 11.1 Å². The quantitative estimate of drug-likeness (QED) is 0.135. The third kappa shape index (κ3) is 9.70. The number of hydrogen-bond donors (Lipinski definition) is 0. The predicted octanol–water partition coefficient (Wildman–Crippen LogP) is 16.2. The van der Waals surface area contributed by atoms with E-state index in [-0.39, 0.29) is 16.2 Å². The minimum absolute atomic E-state index is 0.00110. The van der Waals surface area contributed by atoms with Gasteiger partial charge in [0, 0.05) is 57.9 Å². The first-order valence-electron chi connectivity index (χ1n) is 23.4. The van der Waals surface area contributed by atoms with Gasteiger partial charge in [0.1, 0.15) is 5.82 Å². The molecule has 0 bridgehead atoms. The largest absolute Gasteiger partial charge is 0.310 e. The van der Waals surface area contributed by atoms with Crippen LogP contribution >= 0.6 is 0 Å². The molecule has 0 unspecified atom stereocenters. The predicted molar refractivity (Wildman–Crippen MR) is 283 cm³/mol. The highest BCUT2D eigenvalue weighted by molar-refractivity contribution is 5.99. The van der Waals surface area contributed by atoms with Gasteiger partial charge in [-0.15, -0.1) is 0 Å². The number of benzene rings is 6. The summed E-state index contributed by atoms with van der Waals surface area (Å²) in [6.07, 6.45) is 5.78. The maximum atomic E-state index is 5.29. The van der Waals surface area contributed by atoms with E-state index in [1.54, 1.807) is 0 Å². The Morgan fingerprint density at radius 3 is 1.24 bits per heavy atom. The van der Waals surface area contributed by atoms with Crippen molar-refractivity contribution in [3.8, 4) is 45.3 Å². The van der Waals surface area contributed by atoms with Crippen LogP contribution < -0.4 is 9.80 Å². The van der Waals surface area contributed by atoms with Gasteiger partial charge in [-0.3, -0.25) is 9.88 Å². The molecule has 0 atom stereocenters. The summed E-state index contributed by atoms with van der Waals surface area (Å²) >= 11 is 0. The topological polar surface area (TPSA) is 70.9 Å². The normalized spacial score (nSPS) is 11.9. The SMILES string of the molecule is CC(C)(C)c1ccc(N(c2ccccc2)c2cc(C(C)(C)C)cc(N(c3ccc(-c4nc(-c5ccccc5)nc(-c5ccccc5)n4)cc3)c3ccc(C(C)(C)C)cn3)c2-c2ccncc2)cc1. The van der Waals surface area contributed by atoms with Crippen LogP contribution in [0.1, 0.15) is 79.0 Å². The molecule has 9 aromatic rings. The summed E-state index contributed by atoms with van der Waals surface area (Å²) in [5.74, 6) is 2.62. The second-order valence-electron chi connectivity index (χ2n) is 20.4. The third-order valence-electron chi connectivity index (χ3n) is 12.3. The monoisotopic (exact) mass is 889 g/mol. The van der Waals surface area contributed by atoms with Crippen molar-refractivity contribution in [3.05, 3.63) is 211 Å². The molecule has 0 saturated heterocycles. The zero-order valence-corrected chi connectivity index (χ0v) is 40.6. The van der Waals surface area contributed by atoms with Crippen molar-refractivity contribution in [1.82, 2.24) is 24.9 Å². The van der Waals surface area contributed by atoms with Gasteiger partial charge in [0.05, 0.1) is 11.4 Å². The van der Waals surface area contributed by atoms with Gasteiger partial charge in [0.25, 0.3) is 0 Å². The molecule has 7 nitrogen and oxygen atoms in total. The van der Waals surface area contributed by atoms with Crippen molar-refractivity contribution < 1.29 is 0 Å². The summed E-state index contributed by atoms with van der Waals surface area (Å²) in [5.41, 5.74) is 13.1. The van der Waals surface area contributed by atoms with Crippen LogP contribution in [0.5, 0.6) is 0 Å². The van der Waals surface area contributed by atoms with E-state index in [0.717, 1.165) is 67.6 Å². The van der Waals surface area contributed by atoms with Crippen molar-refractivity contribution in [2.24, 2.45) is 0 Å². The zero-order chi connectivity index (χ0) is 47.6. The Kier molecular flexibility index (Phi) is 12.3.